The Bertz CT molecular complexity index is 252. The van der Waals surface area contributed by atoms with Crippen molar-refractivity contribution in [2.45, 2.75) is 19.4 Å². The Labute approximate surface area is 72.6 Å². The van der Waals surface area contributed by atoms with Gasteiger partial charge in [-0.15, -0.1) is 0 Å². The summed E-state index contributed by atoms with van der Waals surface area (Å²) in [5.41, 5.74) is 5.40. The number of nitrogens with one attached hydrogen (secondary N) is 1. The van der Waals surface area contributed by atoms with E-state index in [-0.39, 0.29) is 6.04 Å². The van der Waals surface area contributed by atoms with E-state index in [1.165, 1.54) is 0 Å². The van der Waals surface area contributed by atoms with Crippen molar-refractivity contribution in [3.05, 3.63) is 0 Å². The standard InChI is InChI=1S/C6H13N3O2S/c1-6(8)2-4-9-12(10,11)5-3-7/h6,9H,2,4-5,8H2,1H3. The van der Waals surface area contributed by atoms with Crippen LogP contribution in [0.25, 0.3) is 0 Å². The lowest BCUT2D eigenvalue weighted by Gasteiger charge is -2.05. The van der Waals surface area contributed by atoms with E-state index in [1.807, 2.05) is 0 Å². The second-order valence-electron chi connectivity index (χ2n) is 2.58. The van der Waals surface area contributed by atoms with Gasteiger partial charge in [0.2, 0.25) is 10.0 Å². The fraction of sp³-hybridized carbons (Fsp3) is 0.833. The van der Waals surface area contributed by atoms with Crippen molar-refractivity contribution in [2.24, 2.45) is 5.73 Å². The van der Waals surface area contributed by atoms with Crippen LogP contribution in [0, 0.1) is 11.3 Å². The molecule has 0 aromatic rings. The fourth-order valence-electron chi connectivity index (χ4n) is 0.578. The molecule has 1 unspecified atom stereocenters. The molecular weight excluding hydrogens is 178 g/mol. The van der Waals surface area contributed by atoms with E-state index < -0.39 is 15.8 Å². The van der Waals surface area contributed by atoms with E-state index >= 15 is 0 Å². The minimum Gasteiger partial charge on any atom is -0.328 e. The highest BCUT2D eigenvalue weighted by atomic mass is 32.2. The number of hydrogen-bond acceptors (Lipinski definition) is 4. The quantitative estimate of drug-likeness (QED) is 0.592. The highest BCUT2D eigenvalue weighted by Crippen LogP contribution is 1.86. The molecule has 0 aliphatic rings. The molecule has 0 bridgehead atoms. The molecule has 5 nitrogen and oxygen atoms in total. The summed E-state index contributed by atoms with van der Waals surface area (Å²) >= 11 is 0. The topological polar surface area (TPSA) is 96.0 Å². The summed E-state index contributed by atoms with van der Waals surface area (Å²) < 4.78 is 23.9. The lowest BCUT2D eigenvalue weighted by Crippen LogP contribution is -2.30. The van der Waals surface area contributed by atoms with Gasteiger partial charge in [0.25, 0.3) is 0 Å². The van der Waals surface area contributed by atoms with Gasteiger partial charge in [0.1, 0.15) is 0 Å². The Hall–Kier alpha value is -0.640. The largest absolute Gasteiger partial charge is 0.328 e. The van der Waals surface area contributed by atoms with E-state index in [2.05, 4.69) is 4.72 Å². The Balaban J connectivity index is 3.72. The molecule has 0 aliphatic carbocycles. The molecule has 0 saturated heterocycles. The van der Waals surface area contributed by atoms with Crippen molar-refractivity contribution >= 4 is 10.0 Å². The van der Waals surface area contributed by atoms with E-state index in [1.54, 1.807) is 13.0 Å². The lowest BCUT2D eigenvalue weighted by molar-refractivity contribution is 0.575. The molecule has 3 N–H and O–H groups in total. The van der Waals surface area contributed by atoms with Gasteiger partial charge in [0.05, 0.1) is 6.07 Å². The van der Waals surface area contributed by atoms with Crippen LogP contribution in [0.2, 0.25) is 0 Å². The summed E-state index contributed by atoms with van der Waals surface area (Å²) in [7, 11) is -3.39. The first-order valence-corrected chi connectivity index (χ1v) is 5.23. The van der Waals surface area contributed by atoms with Gasteiger partial charge >= 0.3 is 0 Å². The van der Waals surface area contributed by atoms with E-state index in [0.29, 0.717) is 13.0 Å². The van der Waals surface area contributed by atoms with Gasteiger partial charge in [-0.25, -0.2) is 13.1 Å². The Morgan fingerprint density at radius 1 is 1.67 bits per heavy atom. The number of nitrogens with two attached hydrogens (primary N) is 1. The second-order valence-corrected chi connectivity index (χ2v) is 4.38. The molecule has 12 heavy (non-hydrogen) atoms. The molecule has 0 amide bonds. The van der Waals surface area contributed by atoms with Gasteiger partial charge in [-0.3, -0.25) is 0 Å². The van der Waals surface area contributed by atoms with Crippen molar-refractivity contribution in [3.63, 3.8) is 0 Å². The van der Waals surface area contributed by atoms with Crippen LogP contribution in [-0.2, 0) is 10.0 Å². The third kappa shape index (κ3) is 6.09. The summed E-state index contributed by atoms with van der Waals surface area (Å²) in [6.07, 6.45) is 0.574. The van der Waals surface area contributed by atoms with Gasteiger partial charge in [-0.2, -0.15) is 5.26 Å². The second kappa shape index (κ2) is 5.09. The molecule has 0 heterocycles. The van der Waals surface area contributed by atoms with Crippen molar-refractivity contribution in [1.29, 1.82) is 5.26 Å². The molecule has 0 aliphatic heterocycles. The summed E-state index contributed by atoms with van der Waals surface area (Å²) in [6, 6.07) is 1.53. The molecule has 0 radical (unpaired) electrons. The summed E-state index contributed by atoms with van der Waals surface area (Å²) in [4.78, 5) is 0. The molecule has 6 heteroatoms. The molecule has 1 atom stereocenters. The summed E-state index contributed by atoms with van der Waals surface area (Å²) in [5, 5.41) is 8.12. The zero-order valence-corrected chi connectivity index (χ0v) is 7.76. The molecule has 0 aromatic heterocycles. The van der Waals surface area contributed by atoms with E-state index in [9.17, 15) is 8.42 Å². The zero-order chi connectivity index (χ0) is 9.61. The SMILES string of the molecule is CC(N)CCNS(=O)(=O)CC#N. The van der Waals surface area contributed by atoms with Gasteiger partial charge < -0.3 is 5.73 Å². The smallest absolute Gasteiger partial charge is 0.225 e. The Morgan fingerprint density at radius 3 is 2.67 bits per heavy atom. The number of rotatable bonds is 5. The molecular formula is C6H13N3O2S. The molecule has 0 aromatic carbocycles. The maximum Gasteiger partial charge on any atom is 0.225 e. The van der Waals surface area contributed by atoms with E-state index in [0.717, 1.165) is 0 Å². The van der Waals surface area contributed by atoms with Crippen molar-refractivity contribution in [2.75, 3.05) is 12.3 Å². The monoisotopic (exact) mass is 191 g/mol. The van der Waals surface area contributed by atoms with Crippen LogP contribution in [0.5, 0.6) is 0 Å². The normalized spacial score (nSPS) is 13.8. The van der Waals surface area contributed by atoms with Crippen LogP contribution in [0.15, 0.2) is 0 Å². The van der Waals surface area contributed by atoms with Gasteiger partial charge in [-0.05, 0) is 13.3 Å². The van der Waals surface area contributed by atoms with Crippen LogP contribution >= 0.6 is 0 Å². The number of nitrogens with zero attached hydrogens (tertiary/aromatic N) is 1. The Kier molecular flexibility index (Phi) is 4.81. The zero-order valence-electron chi connectivity index (χ0n) is 6.95. The van der Waals surface area contributed by atoms with Gasteiger partial charge in [0.15, 0.2) is 5.75 Å². The average Bonchev–Trinajstić information content (AvgIpc) is 1.85. The minimum atomic E-state index is -3.39. The van der Waals surface area contributed by atoms with Crippen LogP contribution in [-0.4, -0.2) is 26.8 Å². The lowest BCUT2D eigenvalue weighted by atomic mass is 10.3. The first-order chi connectivity index (χ1) is 5.48. The number of sulfonamides is 1. The highest BCUT2D eigenvalue weighted by molar-refractivity contribution is 7.89. The van der Waals surface area contributed by atoms with Crippen LogP contribution < -0.4 is 10.5 Å². The predicted octanol–water partition coefficient (Wildman–Crippen LogP) is -0.833. The summed E-state index contributed by atoms with van der Waals surface area (Å²) in [6.45, 7) is 2.08. The van der Waals surface area contributed by atoms with Crippen molar-refractivity contribution in [3.8, 4) is 6.07 Å². The van der Waals surface area contributed by atoms with Crippen LogP contribution in [0.1, 0.15) is 13.3 Å². The van der Waals surface area contributed by atoms with Crippen LogP contribution in [0.3, 0.4) is 0 Å². The summed E-state index contributed by atoms with van der Waals surface area (Å²) in [5.74, 6) is -0.494. The van der Waals surface area contributed by atoms with Crippen molar-refractivity contribution in [1.82, 2.24) is 4.72 Å². The predicted molar refractivity (Wildman–Crippen MR) is 45.7 cm³/mol. The fourth-order valence-corrected chi connectivity index (χ4v) is 1.28. The van der Waals surface area contributed by atoms with Gasteiger partial charge in [0, 0.05) is 12.6 Å². The van der Waals surface area contributed by atoms with Crippen molar-refractivity contribution < 1.29 is 8.42 Å². The number of nitriles is 1. The van der Waals surface area contributed by atoms with E-state index in [4.69, 9.17) is 11.0 Å². The Morgan fingerprint density at radius 2 is 2.25 bits per heavy atom. The third-order valence-corrected chi connectivity index (χ3v) is 2.33. The maximum absolute atomic E-state index is 10.8. The molecule has 0 rings (SSSR count). The maximum atomic E-state index is 10.8. The average molecular weight is 191 g/mol. The molecule has 0 fully saturated rings. The molecule has 70 valence electrons. The molecule has 0 saturated carbocycles. The first-order valence-electron chi connectivity index (χ1n) is 3.58. The first kappa shape index (κ1) is 11.4. The highest BCUT2D eigenvalue weighted by Gasteiger charge is 2.07. The minimum absolute atomic E-state index is 0.0326. The molecule has 0 spiro atoms. The third-order valence-electron chi connectivity index (χ3n) is 1.18. The van der Waals surface area contributed by atoms with Crippen LogP contribution in [0.4, 0.5) is 0 Å². The van der Waals surface area contributed by atoms with Gasteiger partial charge in [-0.1, -0.05) is 0 Å². The number of hydrogen-bond donors (Lipinski definition) is 2.